The summed E-state index contributed by atoms with van der Waals surface area (Å²) in [5.74, 6) is -0.342. The van der Waals surface area contributed by atoms with Gasteiger partial charge in [-0.15, -0.1) is 0 Å². The van der Waals surface area contributed by atoms with Crippen LogP contribution < -0.4 is 11.1 Å². The first-order valence-corrected chi connectivity index (χ1v) is 6.51. The van der Waals surface area contributed by atoms with Crippen molar-refractivity contribution < 1.29 is 14.5 Å². The van der Waals surface area contributed by atoms with Gasteiger partial charge in [-0.2, -0.15) is 0 Å². The van der Waals surface area contributed by atoms with Gasteiger partial charge < -0.3 is 15.8 Å². The summed E-state index contributed by atoms with van der Waals surface area (Å²) in [5.41, 5.74) is 5.51. The predicted molar refractivity (Wildman–Crippen MR) is 73.4 cm³/mol. The molecule has 1 heterocycles. The van der Waals surface area contributed by atoms with Crippen molar-refractivity contribution in [2.75, 3.05) is 18.9 Å². The number of nitrogens with two attached hydrogens (primary N) is 1. The van der Waals surface area contributed by atoms with Gasteiger partial charge in [-0.3, -0.25) is 14.9 Å². The first-order valence-electron chi connectivity index (χ1n) is 6.51. The lowest BCUT2D eigenvalue weighted by molar-refractivity contribution is -0.383. The number of carbonyl (C=O) groups is 1. The van der Waals surface area contributed by atoms with Crippen molar-refractivity contribution in [1.29, 1.82) is 0 Å². The van der Waals surface area contributed by atoms with E-state index in [-0.39, 0.29) is 28.9 Å². The fourth-order valence-electron chi connectivity index (χ4n) is 2.16. The topological polar surface area (TPSA) is 107 Å². The molecule has 20 heavy (non-hydrogen) atoms. The predicted octanol–water partition coefficient (Wildman–Crippen LogP) is 1.48. The van der Waals surface area contributed by atoms with Gasteiger partial charge in [0, 0.05) is 24.8 Å². The molecule has 1 aromatic rings. The normalized spacial score (nSPS) is 17.9. The number of ether oxygens (including phenoxy) is 1. The molecule has 108 valence electrons. The smallest absolute Gasteiger partial charge is 0.292 e. The van der Waals surface area contributed by atoms with Crippen molar-refractivity contribution in [2.45, 2.75) is 25.4 Å². The number of rotatable bonds is 5. The molecule has 1 aliphatic rings. The zero-order chi connectivity index (χ0) is 14.5. The number of anilines is 1. The average molecular weight is 279 g/mol. The standard InChI is InChI=1S/C13H17N3O4/c14-11-4-3-9(8-12(11)16(18)19)13(17)15-6-5-10-2-1-7-20-10/h3-4,8,10H,1-2,5-7,14H2,(H,15,17)/t10-/m0/s1. The number of nitro benzene ring substituents is 1. The number of hydrogen-bond donors (Lipinski definition) is 2. The van der Waals surface area contributed by atoms with Crippen LogP contribution in [-0.4, -0.2) is 30.1 Å². The summed E-state index contributed by atoms with van der Waals surface area (Å²) in [6.45, 7) is 1.27. The van der Waals surface area contributed by atoms with Crippen LogP contribution in [-0.2, 0) is 4.74 Å². The van der Waals surface area contributed by atoms with Crippen molar-refractivity contribution in [3.63, 3.8) is 0 Å². The van der Waals surface area contributed by atoms with Crippen LogP contribution >= 0.6 is 0 Å². The Hall–Kier alpha value is -2.15. The van der Waals surface area contributed by atoms with E-state index >= 15 is 0 Å². The Balaban J connectivity index is 1.91. The van der Waals surface area contributed by atoms with E-state index in [0.29, 0.717) is 6.54 Å². The fourth-order valence-corrected chi connectivity index (χ4v) is 2.16. The van der Waals surface area contributed by atoms with E-state index < -0.39 is 4.92 Å². The molecule has 1 fully saturated rings. The van der Waals surface area contributed by atoms with E-state index in [2.05, 4.69) is 5.32 Å². The molecule has 0 radical (unpaired) electrons. The number of amides is 1. The maximum atomic E-state index is 11.9. The van der Waals surface area contributed by atoms with Gasteiger partial charge in [0.1, 0.15) is 5.69 Å². The molecule has 0 bridgehead atoms. The molecule has 0 unspecified atom stereocenters. The summed E-state index contributed by atoms with van der Waals surface area (Å²) in [5, 5.41) is 13.5. The van der Waals surface area contributed by atoms with E-state index in [1.807, 2.05) is 0 Å². The van der Waals surface area contributed by atoms with E-state index in [1.54, 1.807) is 0 Å². The highest BCUT2D eigenvalue weighted by molar-refractivity contribution is 5.95. The van der Waals surface area contributed by atoms with Crippen LogP contribution in [0, 0.1) is 10.1 Å². The van der Waals surface area contributed by atoms with E-state index in [0.717, 1.165) is 25.9 Å². The number of nitrogens with zero attached hydrogens (tertiary/aromatic N) is 1. The molecular weight excluding hydrogens is 262 g/mol. The van der Waals surface area contributed by atoms with Crippen molar-refractivity contribution in [2.24, 2.45) is 0 Å². The van der Waals surface area contributed by atoms with Gasteiger partial charge in [-0.1, -0.05) is 0 Å². The molecule has 2 rings (SSSR count). The van der Waals surface area contributed by atoms with E-state index in [4.69, 9.17) is 10.5 Å². The van der Waals surface area contributed by atoms with Crippen LogP contribution in [0.4, 0.5) is 11.4 Å². The molecular formula is C13H17N3O4. The lowest BCUT2D eigenvalue weighted by Crippen LogP contribution is -2.27. The number of carbonyl (C=O) groups excluding carboxylic acids is 1. The molecule has 3 N–H and O–H groups in total. The van der Waals surface area contributed by atoms with Gasteiger partial charge in [-0.25, -0.2) is 0 Å². The quantitative estimate of drug-likeness (QED) is 0.482. The number of benzene rings is 1. The average Bonchev–Trinajstić information content (AvgIpc) is 2.92. The Kier molecular flexibility index (Phi) is 4.52. The summed E-state index contributed by atoms with van der Waals surface area (Å²) in [6, 6.07) is 4.04. The molecule has 7 heteroatoms. The third kappa shape index (κ3) is 3.45. The highest BCUT2D eigenvalue weighted by atomic mass is 16.6. The van der Waals surface area contributed by atoms with Crippen LogP contribution in [0.2, 0.25) is 0 Å². The molecule has 0 aromatic heterocycles. The van der Waals surface area contributed by atoms with E-state index in [1.165, 1.54) is 18.2 Å². The molecule has 0 spiro atoms. The molecule has 1 amide bonds. The Morgan fingerprint density at radius 2 is 2.35 bits per heavy atom. The molecule has 1 aromatic carbocycles. The summed E-state index contributed by atoms with van der Waals surface area (Å²) in [7, 11) is 0. The largest absolute Gasteiger partial charge is 0.393 e. The summed E-state index contributed by atoms with van der Waals surface area (Å²) in [4.78, 5) is 22.1. The van der Waals surface area contributed by atoms with Gasteiger partial charge in [0.25, 0.3) is 11.6 Å². The number of hydrogen-bond acceptors (Lipinski definition) is 5. The van der Waals surface area contributed by atoms with Crippen LogP contribution in [0.3, 0.4) is 0 Å². The second-order valence-electron chi connectivity index (χ2n) is 4.71. The molecule has 0 aliphatic carbocycles. The minimum atomic E-state index is -0.599. The number of nitrogens with one attached hydrogen (secondary N) is 1. The number of nitro groups is 1. The van der Waals surface area contributed by atoms with E-state index in [9.17, 15) is 14.9 Å². The Bertz CT molecular complexity index is 512. The van der Waals surface area contributed by atoms with Crippen molar-refractivity contribution in [3.05, 3.63) is 33.9 Å². The molecule has 1 saturated heterocycles. The van der Waals surface area contributed by atoms with Crippen molar-refractivity contribution in [1.82, 2.24) is 5.32 Å². The summed E-state index contributed by atoms with van der Waals surface area (Å²) in [6.07, 6.45) is 3.03. The van der Waals surface area contributed by atoms with Crippen LogP contribution in [0.1, 0.15) is 29.6 Å². The summed E-state index contributed by atoms with van der Waals surface area (Å²) < 4.78 is 5.45. The van der Waals surface area contributed by atoms with Gasteiger partial charge in [0.05, 0.1) is 11.0 Å². The monoisotopic (exact) mass is 279 g/mol. The minimum absolute atomic E-state index is 0.0471. The first-order chi connectivity index (χ1) is 9.58. The molecule has 7 nitrogen and oxygen atoms in total. The van der Waals surface area contributed by atoms with Gasteiger partial charge in [0.15, 0.2) is 0 Å². The highest BCUT2D eigenvalue weighted by Crippen LogP contribution is 2.22. The molecule has 1 atom stereocenters. The Morgan fingerprint density at radius 3 is 3.00 bits per heavy atom. The number of nitrogen functional groups attached to an aromatic ring is 1. The lowest BCUT2D eigenvalue weighted by atomic mass is 10.1. The van der Waals surface area contributed by atoms with Crippen LogP contribution in [0.25, 0.3) is 0 Å². The van der Waals surface area contributed by atoms with Crippen LogP contribution in [0.15, 0.2) is 18.2 Å². The first kappa shape index (κ1) is 14.3. The zero-order valence-corrected chi connectivity index (χ0v) is 11.0. The minimum Gasteiger partial charge on any atom is -0.393 e. The SMILES string of the molecule is Nc1ccc(C(=O)NCC[C@@H]2CCCO2)cc1[N+](=O)[O-]. The highest BCUT2D eigenvalue weighted by Gasteiger charge is 2.17. The van der Waals surface area contributed by atoms with Crippen LogP contribution in [0.5, 0.6) is 0 Å². The summed E-state index contributed by atoms with van der Waals surface area (Å²) >= 11 is 0. The van der Waals surface area contributed by atoms with Gasteiger partial charge >= 0.3 is 0 Å². The van der Waals surface area contributed by atoms with Gasteiger partial charge in [-0.05, 0) is 31.4 Å². The fraction of sp³-hybridized carbons (Fsp3) is 0.462. The third-order valence-electron chi connectivity index (χ3n) is 3.27. The second kappa shape index (κ2) is 6.33. The second-order valence-corrected chi connectivity index (χ2v) is 4.71. The Labute approximate surface area is 116 Å². The maximum Gasteiger partial charge on any atom is 0.292 e. The maximum absolute atomic E-state index is 11.9. The Morgan fingerprint density at radius 1 is 1.55 bits per heavy atom. The zero-order valence-electron chi connectivity index (χ0n) is 11.0. The van der Waals surface area contributed by atoms with Crippen molar-refractivity contribution >= 4 is 17.3 Å². The lowest BCUT2D eigenvalue weighted by Gasteiger charge is -2.10. The van der Waals surface area contributed by atoms with Crippen molar-refractivity contribution in [3.8, 4) is 0 Å². The molecule has 0 saturated carbocycles. The van der Waals surface area contributed by atoms with Gasteiger partial charge in [0.2, 0.25) is 0 Å². The molecule has 1 aliphatic heterocycles. The third-order valence-corrected chi connectivity index (χ3v) is 3.27.